The van der Waals surface area contributed by atoms with Gasteiger partial charge in [0.2, 0.25) is 0 Å². The first-order chi connectivity index (χ1) is 29.3. The third-order valence-corrected chi connectivity index (χ3v) is 13.5. The minimum atomic E-state index is -0.426. The summed E-state index contributed by atoms with van der Waals surface area (Å²) in [4.78, 5) is 30.2. The number of esters is 2. The Hall–Kier alpha value is -1.22. The molecule has 2 saturated heterocycles. The van der Waals surface area contributed by atoms with Crippen molar-refractivity contribution in [3.05, 3.63) is 0 Å². The van der Waals surface area contributed by atoms with E-state index < -0.39 is 5.79 Å². The van der Waals surface area contributed by atoms with E-state index in [1.807, 2.05) is 0 Å². The lowest BCUT2D eigenvalue weighted by Gasteiger charge is -2.33. The molecule has 0 aromatic rings. The molecule has 0 aliphatic carbocycles. The number of piperazine rings is 1. The van der Waals surface area contributed by atoms with Gasteiger partial charge in [0.15, 0.2) is 5.79 Å². The molecule has 1 atom stereocenters. The van der Waals surface area contributed by atoms with Crippen molar-refractivity contribution in [3.63, 3.8) is 0 Å². The molecule has 2 heterocycles. The van der Waals surface area contributed by atoms with Crippen LogP contribution in [0.1, 0.15) is 240 Å². The summed E-state index contributed by atoms with van der Waals surface area (Å²) < 4.78 is 24.8. The molecule has 0 radical (unpaired) electrons. The van der Waals surface area contributed by atoms with Gasteiger partial charge in [0.1, 0.15) is 0 Å². The molecule has 0 spiro atoms. The van der Waals surface area contributed by atoms with Crippen LogP contribution in [0.25, 0.3) is 0 Å². The van der Waals surface area contributed by atoms with E-state index in [1.54, 1.807) is 0 Å². The number of rotatable bonds is 41. The Labute approximate surface area is 372 Å². The van der Waals surface area contributed by atoms with Gasteiger partial charge in [-0.3, -0.25) is 9.59 Å². The molecule has 8 heteroatoms. The van der Waals surface area contributed by atoms with Gasteiger partial charge in [0, 0.05) is 58.4 Å². The number of hydrogen-bond donors (Lipinski definition) is 0. The van der Waals surface area contributed by atoms with Gasteiger partial charge in [0.05, 0.1) is 25.9 Å². The summed E-state index contributed by atoms with van der Waals surface area (Å²) in [7, 11) is 2.22. The molecule has 0 bridgehead atoms. The Balaban J connectivity index is 1.65. The highest BCUT2D eigenvalue weighted by atomic mass is 16.7. The molecule has 0 saturated carbocycles. The third kappa shape index (κ3) is 28.5. The van der Waals surface area contributed by atoms with Gasteiger partial charge < -0.3 is 28.7 Å². The Kier molecular flexibility index (Phi) is 34.0. The SMILES string of the molecule is CCCCCC(CCCCC)CC(=O)OCCCCCCCCC1(CCCCCCCCOC(=O)CC(CCCCC)CCCCC)OCC(CCN2CCN(C)CC2)O1. The zero-order valence-electron chi connectivity index (χ0n) is 40.6. The van der Waals surface area contributed by atoms with Gasteiger partial charge in [-0.1, -0.05) is 156 Å². The fourth-order valence-corrected chi connectivity index (χ4v) is 9.34. The Morgan fingerprint density at radius 1 is 0.550 bits per heavy atom. The second kappa shape index (κ2) is 37.2. The Morgan fingerprint density at radius 3 is 1.37 bits per heavy atom. The maximum Gasteiger partial charge on any atom is 0.306 e. The van der Waals surface area contributed by atoms with Gasteiger partial charge in [0.25, 0.3) is 0 Å². The molecular weight excluding hydrogens is 749 g/mol. The molecule has 2 fully saturated rings. The minimum absolute atomic E-state index is 0.0177. The molecule has 0 N–H and O–H groups in total. The number of nitrogens with zero attached hydrogens (tertiary/aromatic N) is 2. The van der Waals surface area contributed by atoms with E-state index in [0.717, 1.165) is 97.1 Å². The normalized spacial score (nSPS) is 17.3. The van der Waals surface area contributed by atoms with Crippen molar-refractivity contribution in [2.75, 3.05) is 59.6 Å². The van der Waals surface area contributed by atoms with Crippen LogP contribution in [0.5, 0.6) is 0 Å². The second-order valence-electron chi connectivity index (χ2n) is 19.2. The molecule has 0 aromatic carbocycles. The predicted octanol–water partition coefficient (Wildman–Crippen LogP) is 13.6. The number of carbonyl (C=O) groups is 2. The van der Waals surface area contributed by atoms with Gasteiger partial charge in [-0.25, -0.2) is 0 Å². The highest BCUT2D eigenvalue weighted by Crippen LogP contribution is 2.36. The fraction of sp³-hybridized carbons (Fsp3) is 0.962. The van der Waals surface area contributed by atoms with Crippen molar-refractivity contribution in [1.29, 1.82) is 0 Å². The lowest BCUT2D eigenvalue weighted by molar-refractivity contribution is -0.180. The lowest BCUT2D eigenvalue weighted by Crippen LogP contribution is -2.45. The molecule has 0 amide bonds. The predicted molar refractivity (Wildman–Crippen MR) is 251 cm³/mol. The van der Waals surface area contributed by atoms with Crippen LogP contribution in [0.3, 0.4) is 0 Å². The summed E-state index contributed by atoms with van der Waals surface area (Å²) in [6.07, 6.45) is 37.7. The van der Waals surface area contributed by atoms with Crippen LogP contribution >= 0.6 is 0 Å². The highest BCUT2D eigenvalue weighted by Gasteiger charge is 2.40. The quantitative estimate of drug-likeness (QED) is 0.0445. The molecule has 60 heavy (non-hydrogen) atoms. The zero-order valence-corrected chi connectivity index (χ0v) is 40.6. The van der Waals surface area contributed by atoms with Gasteiger partial charge >= 0.3 is 11.9 Å². The monoisotopic (exact) mass is 849 g/mol. The van der Waals surface area contributed by atoms with Crippen molar-refractivity contribution in [2.45, 2.75) is 251 Å². The average molecular weight is 849 g/mol. The van der Waals surface area contributed by atoms with Crippen LogP contribution < -0.4 is 0 Å². The number of unbranched alkanes of at least 4 members (excludes halogenated alkanes) is 18. The first-order valence-corrected chi connectivity index (χ1v) is 26.4. The minimum Gasteiger partial charge on any atom is -0.466 e. The maximum atomic E-state index is 12.6. The Morgan fingerprint density at radius 2 is 0.950 bits per heavy atom. The third-order valence-electron chi connectivity index (χ3n) is 13.5. The second-order valence-corrected chi connectivity index (χ2v) is 19.2. The van der Waals surface area contributed by atoms with E-state index in [-0.39, 0.29) is 18.0 Å². The summed E-state index contributed by atoms with van der Waals surface area (Å²) >= 11 is 0. The van der Waals surface area contributed by atoms with Crippen LogP contribution in [0, 0.1) is 11.8 Å². The van der Waals surface area contributed by atoms with Gasteiger partial charge in [-0.2, -0.15) is 0 Å². The summed E-state index contributed by atoms with van der Waals surface area (Å²) in [5, 5.41) is 0. The van der Waals surface area contributed by atoms with Crippen LogP contribution in [-0.2, 0) is 28.5 Å². The standard InChI is InChI=1S/C52H100N2O6/c1-6-10-22-30-47(31-23-11-7-2)44-50(55)57-42-28-20-16-14-18-26-35-52(59-46-49(60-52)34-37-54-40-38-53(5)39-41-54)36-27-19-15-17-21-29-43-58-51(56)45-48(32-24-12-8-3)33-25-13-9-4/h47-49H,6-46H2,1-5H3. The maximum absolute atomic E-state index is 12.6. The van der Waals surface area contributed by atoms with Crippen LogP contribution in [0.2, 0.25) is 0 Å². The molecule has 2 aliphatic heterocycles. The topological polar surface area (TPSA) is 77.5 Å². The molecule has 2 rings (SSSR count). The first kappa shape index (κ1) is 54.9. The highest BCUT2D eigenvalue weighted by molar-refractivity contribution is 5.70. The van der Waals surface area contributed by atoms with Crippen molar-refractivity contribution < 1.29 is 28.5 Å². The summed E-state index contributed by atoms with van der Waals surface area (Å²) in [6.45, 7) is 16.6. The first-order valence-electron chi connectivity index (χ1n) is 26.4. The van der Waals surface area contributed by atoms with Crippen molar-refractivity contribution in [1.82, 2.24) is 9.80 Å². The molecule has 354 valence electrons. The van der Waals surface area contributed by atoms with E-state index in [9.17, 15) is 9.59 Å². The number of ether oxygens (including phenoxy) is 4. The molecule has 0 aromatic heterocycles. The molecule has 1 unspecified atom stereocenters. The van der Waals surface area contributed by atoms with Crippen LogP contribution in [0.4, 0.5) is 0 Å². The van der Waals surface area contributed by atoms with Crippen molar-refractivity contribution in [3.8, 4) is 0 Å². The smallest absolute Gasteiger partial charge is 0.306 e. The van der Waals surface area contributed by atoms with E-state index in [1.165, 1.54) is 141 Å². The van der Waals surface area contributed by atoms with E-state index in [4.69, 9.17) is 18.9 Å². The molecular formula is C52H100N2O6. The number of hydrogen-bond acceptors (Lipinski definition) is 8. The van der Waals surface area contributed by atoms with E-state index in [2.05, 4.69) is 44.5 Å². The summed E-state index contributed by atoms with van der Waals surface area (Å²) in [5.74, 6) is 0.603. The van der Waals surface area contributed by atoms with Crippen LogP contribution in [0.15, 0.2) is 0 Å². The van der Waals surface area contributed by atoms with Gasteiger partial charge in [-0.05, 0) is 76.7 Å². The van der Waals surface area contributed by atoms with Crippen LogP contribution in [-0.4, -0.2) is 93.2 Å². The van der Waals surface area contributed by atoms with Crippen molar-refractivity contribution >= 4 is 11.9 Å². The fourth-order valence-electron chi connectivity index (χ4n) is 9.34. The summed E-state index contributed by atoms with van der Waals surface area (Å²) in [6, 6.07) is 0. The largest absolute Gasteiger partial charge is 0.466 e. The Bertz CT molecular complexity index is 927. The lowest BCUT2D eigenvalue weighted by atomic mass is 9.92. The number of carbonyl (C=O) groups excluding carboxylic acids is 2. The summed E-state index contributed by atoms with van der Waals surface area (Å²) in [5.41, 5.74) is 0. The number of likely N-dealkylation sites (N-methyl/N-ethyl adjacent to an activating group) is 1. The van der Waals surface area contributed by atoms with E-state index in [0.29, 0.717) is 37.9 Å². The van der Waals surface area contributed by atoms with Gasteiger partial charge in [-0.15, -0.1) is 0 Å². The average Bonchev–Trinajstić information content (AvgIpc) is 3.65. The van der Waals surface area contributed by atoms with Crippen molar-refractivity contribution in [2.24, 2.45) is 11.8 Å². The molecule has 2 aliphatic rings. The molecule has 8 nitrogen and oxygen atoms in total. The van der Waals surface area contributed by atoms with E-state index >= 15 is 0 Å². The zero-order chi connectivity index (χ0) is 43.4.